The monoisotopic (exact) mass is 731 g/mol. The molecule has 14 nitrogen and oxygen atoms in total. The standard InChI is InChI=1S/C37H45N7O7S/c1-4-23(2)33(43-32(45)22-25-16-17-28-30(21-25)42-37(41-28)40-27-14-9-8-11-24(27)3)35(47)38-19-18-29(36(48)49)39-34(46)31-15-10-20-44(31)52(50,51)26-12-6-5-7-13-26/h5-9,11-14,16-17,21,23,29,31,33H,4,10,15,18-20,22H2,1-3H3,(H,38,47)(H,39,46)(H,43,45)(H,48,49)(H2,40,41,42)/t23?,29-,31-,33-/m0/s1. The molecule has 1 unspecified atom stereocenters. The van der Waals surface area contributed by atoms with Crippen LogP contribution in [0.4, 0.5) is 11.6 Å². The fourth-order valence-electron chi connectivity index (χ4n) is 6.17. The zero-order valence-corrected chi connectivity index (χ0v) is 30.2. The molecule has 0 bridgehead atoms. The van der Waals surface area contributed by atoms with Crippen molar-refractivity contribution >= 4 is 56.4 Å². The molecule has 2 heterocycles. The number of carboxylic acid groups (broad SMARTS) is 1. The second-order valence-electron chi connectivity index (χ2n) is 13.1. The molecule has 0 aliphatic carbocycles. The third-order valence-corrected chi connectivity index (χ3v) is 11.2. The van der Waals surface area contributed by atoms with Crippen LogP contribution in [0, 0.1) is 12.8 Å². The fraction of sp³-hybridized carbons (Fsp3) is 0.378. The number of carbonyl (C=O) groups excluding carboxylic acids is 3. The number of H-pyrrole nitrogens is 1. The fourth-order valence-corrected chi connectivity index (χ4v) is 7.85. The number of rotatable bonds is 16. The number of carboxylic acids is 1. The van der Waals surface area contributed by atoms with Crippen LogP contribution in [0.2, 0.25) is 0 Å². The van der Waals surface area contributed by atoms with Crippen molar-refractivity contribution in [3.63, 3.8) is 0 Å². The maximum Gasteiger partial charge on any atom is 0.326 e. The summed E-state index contributed by atoms with van der Waals surface area (Å²) >= 11 is 0. The molecule has 1 aliphatic heterocycles. The van der Waals surface area contributed by atoms with Crippen LogP contribution in [0.25, 0.3) is 11.0 Å². The van der Waals surface area contributed by atoms with Crippen LogP contribution in [0.5, 0.6) is 0 Å². The number of hydrogen-bond donors (Lipinski definition) is 6. The van der Waals surface area contributed by atoms with Gasteiger partial charge in [-0.3, -0.25) is 14.4 Å². The van der Waals surface area contributed by atoms with Gasteiger partial charge in [0.25, 0.3) is 0 Å². The zero-order chi connectivity index (χ0) is 37.4. The SMILES string of the molecule is CCC(C)[C@H](NC(=O)Cc1ccc2nc(Nc3ccccc3C)[nH]c2c1)C(=O)NCC[C@H](NC(=O)[C@@H]1CCCN1S(=O)(=O)c1ccccc1)C(=O)O. The molecule has 0 spiro atoms. The van der Waals surface area contributed by atoms with Crippen molar-refractivity contribution < 1.29 is 32.7 Å². The summed E-state index contributed by atoms with van der Waals surface area (Å²) in [4.78, 5) is 59.6. The highest BCUT2D eigenvalue weighted by Crippen LogP contribution is 2.26. The summed E-state index contributed by atoms with van der Waals surface area (Å²) in [5.74, 6) is -2.54. The highest BCUT2D eigenvalue weighted by molar-refractivity contribution is 7.89. The number of imidazole rings is 1. The number of hydrogen-bond acceptors (Lipinski definition) is 8. The Kier molecular flexibility index (Phi) is 12.3. The summed E-state index contributed by atoms with van der Waals surface area (Å²) in [6, 6.07) is 17.7. The van der Waals surface area contributed by atoms with Gasteiger partial charge in [0.05, 0.1) is 22.3 Å². The maximum atomic E-state index is 13.3. The summed E-state index contributed by atoms with van der Waals surface area (Å²) in [6.45, 7) is 5.76. The Morgan fingerprint density at radius 1 is 1.02 bits per heavy atom. The highest BCUT2D eigenvalue weighted by Gasteiger charge is 2.40. The first-order chi connectivity index (χ1) is 24.9. The number of nitrogens with one attached hydrogen (secondary N) is 5. The summed E-state index contributed by atoms with van der Waals surface area (Å²) in [5.41, 5.74) is 4.18. The van der Waals surface area contributed by atoms with Crippen LogP contribution in [-0.4, -0.2) is 82.7 Å². The lowest BCUT2D eigenvalue weighted by Gasteiger charge is -2.26. The van der Waals surface area contributed by atoms with Crippen LogP contribution in [0.3, 0.4) is 0 Å². The third kappa shape index (κ3) is 9.14. The molecule has 1 saturated heterocycles. The van der Waals surface area contributed by atoms with Crippen LogP contribution >= 0.6 is 0 Å². The molecule has 1 aliphatic rings. The summed E-state index contributed by atoms with van der Waals surface area (Å²) in [6.07, 6.45) is 1.15. The number of nitrogens with zero attached hydrogens (tertiary/aromatic N) is 2. The number of anilines is 2. The molecule has 3 amide bonds. The average molecular weight is 732 g/mol. The van der Waals surface area contributed by atoms with Gasteiger partial charge in [-0.1, -0.05) is 62.7 Å². The van der Waals surface area contributed by atoms with Gasteiger partial charge in [-0.2, -0.15) is 4.31 Å². The van der Waals surface area contributed by atoms with Gasteiger partial charge in [-0.25, -0.2) is 18.2 Å². The molecule has 5 rings (SSSR count). The van der Waals surface area contributed by atoms with Crippen molar-refractivity contribution in [3.8, 4) is 0 Å². The number of benzene rings is 3. The molecular formula is C37H45N7O7S. The van der Waals surface area contributed by atoms with Gasteiger partial charge in [0, 0.05) is 18.8 Å². The van der Waals surface area contributed by atoms with E-state index in [0.717, 1.165) is 32.2 Å². The molecule has 1 fully saturated rings. The van der Waals surface area contributed by atoms with Crippen molar-refractivity contribution in [3.05, 3.63) is 83.9 Å². The maximum absolute atomic E-state index is 13.3. The highest BCUT2D eigenvalue weighted by atomic mass is 32.2. The minimum absolute atomic E-state index is 0.0149. The predicted molar refractivity (Wildman–Crippen MR) is 196 cm³/mol. The molecule has 3 aromatic carbocycles. The molecule has 4 atom stereocenters. The van der Waals surface area contributed by atoms with Gasteiger partial charge < -0.3 is 31.4 Å². The average Bonchev–Trinajstić information content (AvgIpc) is 3.79. The molecular weight excluding hydrogens is 687 g/mol. The quantitative estimate of drug-likeness (QED) is 0.0995. The van der Waals surface area contributed by atoms with Gasteiger partial charge in [0.1, 0.15) is 18.1 Å². The van der Waals surface area contributed by atoms with Gasteiger partial charge in [0.15, 0.2) is 0 Å². The third-order valence-electron chi connectivity index (χ3n) is 9.32. The van der Waals surface area contributed by atoms with E-state index in [2.05, 4.69) is 31.2 Å². The van der Waals surface area contributed by atoms with Crippen molar-refractivity contribution in [2.75, 3.05) is 18.4 Å². The lowest BCUT2D eigenvalue weighted by molar-refractivity contribution is -0.142. The Balaban J connectivity index is 1.15. The molecule has 4 aromatic rings. The number of para-hydroxylation sites is 1. The van der Waals surface area contributed by atoms with Crippen LogP contribution in [-0.2, 0) is 35.6 Å². The number of aryl methyl sites for hydroxylation is 1. The zero-order valence-electron chi connectivity index (χ0n) is 29.4. The minimum Gasteiger partial charge on any atom is -0.480 e. The summed E-state index contributed by atoms with van der Waals surface area (Å²) in [7, 11) is -3.96. The molecule has 0 radical (unpaired) electrons. The van der Waals surface area contributed by atoms with Crippen molar-refractivity contribution in [2.45, 2.75) is 75.9 Å². The lowest BCUT2D eigenvalue weighted by Crippen LogP contribution is -2.53. The Labute approximate surface area is 302 Å². The first-order valence-corrected chi connectivity index (χ1v) is 18.8. The normalized spacial score (nSPS) is 16.5. The number of carbonyl (C=O) groups is 4. The molecule has 52 heavy (non-hydrogen) atoms. The number of aromatic nitrogens is 2. The van der Waals surface area contributed by atoms with E-state index in [9.17, 15) is 32.7 Å². The van der Waals surface area contributed by atoms with E-state index in [1.807, 2.05) is 57.2 Å². The van der Waals surface area contributed by atoms with E-state index in [1.165, 1.54) is 12.1 Å². The lowest BCUT2D eigenvalue weighted by atomic mass is 9.97. The van der Waals surface area contributed by atoms with E-state index in [-0.39, 0.29) is 49.1 Å². The Morgan fingerprint density at radius 2 is 1.75 bits per heavy atom. The molecule has 0 saturated carbocycles. The van der Waals surface area contributed by atoms with Crippen LogP contribution in [0.15, 0.2) is 77.7 Å². The van der Waals surface area contributed by atoms with Gasteiger partial charge in [-0.05, 0) is 73.6 Å². The Bertz CT molecular complexity index is 2020. The van der Waals surface area contributed by atoms with E-state index in [0.29, 0.717) is 18.8 Å². The van der Waals surface area contributed by atoms with Crippen molar-refractivity contribution in [2.24, 2.45) is 5.92 Å². The van der Waals surface area contributed by atoms with Crippen LogP contribution < -0.4 is 21.3 Å². The van der Waals surface area contributed by atoms with Crippen molar-refractivity contribution in [1.29, 1.82) is 0 Å². The van der Waals surface area contributed by atoms with E-state index < -0.39 is 45.9 Å². The minimum atomic E-state index is -3.96. The van der Waals surface area contributed by atoms with E-state index >= 15 is 0 Å². The second-order valence-corrected chi connectivity index (χ2v) is 14.9. The first kappa shape index (κ1) is 38.0. The number of amides is 3. The largest absolute Gasteiger partial charge is 0.480 e. The predicted octanol–water partition coefficient (Wildman–Crippen LogP) is 3.62. The van der Waals surface area contributed by atoms with E-state index in [1.54, 1.807) is 24.3 Å². The Hall–Kier alpha value is -5.28. The van der Waals surface area contributed by atoms with Crippen LogP contribution in [0.1, 0.15) is 50.7 Å². The first-order valence-electron chi connectivity index (χ1n) is 17.4. The van der Waals surface area contributed by atoms with Gasteiger partial charge >= 0.3 is 5.97 Å². The van der Waals surface area contributed by atoms with Gasteiger partial charge in [-0.15, -0.1) is 0 Å². The topological polar surface area (TPSA) is 203 Å². The van der Waals surface area contributed by atoms with Crippen molar-refractivity contribution in [1.82, 2.24) is 30.2 Å². The number of sulfonamides is 1. The number of fused-ring (bicyclic) bond motifs is 1. The molecule has 6 N–H and O–H groups in total. The van der Waals surface area contributed by atoms with Gasteiger partial charge in [0.2, 0.25) is 33.7 Å². The number of aliphatic carboxylic acids is 1. The summed E-state index contributed by atoms with van der Waals surface area (Å²) in [5, 5.41) is 21.1. The molecule has 276 valence electrons. The molecule has 1 aromatic heterocycles. The molecule has 15 heteroatoms. The number of aromatic amines is 1. The second kappa shape index (κ2) is 16.8. The Morgan fingerprint density at radius 3 is 2.46 bits per heavy atom. The van der Waals surface area contributed by atoms with E-state index in [4.69, 9.17) is 0 Å². The summed E-state index contributed by atoms with van der Waals surface area (Å²) < 4.78 is 27.5. The smallest absolute Gasteiger partial charge is 0.326 e.